The van der Waals surface area contributed by atoms with E-state index in [0.717, 1.165) is 12.5 Å². The molecule has 1 saturated heterocycles. The maximum absolute atomic E-state index is 13.8. The molecule has 1 atom stereocenters. The summed E-state index contributed by atoms with van der Waals surface area (Å²) in [5.41, 5.74) is 1.01. The van der Waals surface area contributed by atoms with Crippen LogP contribution in [-0.4, -0.2) is 28.4 Å². The number of hydrogen-bond donors (Lipinski definition) is 1. The number of pyridine rings is 1. The number of carbonyl (C=O) groups excluding carboxylic acids is 2. The summed E-state index contributed by atoms with van der Waals surface area (Å²) < 4.78 is 19.4. The molecular formula is C25H20ClFN2O4. The van der Waals surface area contributed by atoms with Gasteiger partial charge in [0.2, 0.25) is 0 Å². The van der Waals surface area contributed by atoms with E-state index in [4.69, 9.17) is 16.3 Å². The minimum absolute atomic E-state index is 0.0979. The van der Waals surface area contributed by atoms with Crippen molar-refractivity contribution in [2.45, 2.75) is 19.4 Å². The minimum atomic E-state index is -0.963. The molecular weight excluding hydrogens is 447 g/mol. The van der Waals surface area contributed by atoms with Crippen molar-refractivity contribution < 1.29 is 23.8 Å². The van der Waals surface area contributed by atoms with Crippen LogP contribution in [-0.2, 0) is 9.59 Å². The quantitative estimate of drug-likeness (QED) is 0.303. The molecule has 1 amide bonds. The lowest BCUT2D eigenvalue weighted by Gasteiger charge is -2.25. The van der Waals surface area contributed by atoms with Gasteiger partial charge in [0.05, 0.1) is 23.2 Å². The summed E-state index contributed by atoms with van der Waals surface area (Å²) in [6.45, 7) is 2.47. The molecule has 2 heterocycles. The zero-order chi connectivity index (χ0) is 23.5. The predicted molar refractivity (Wildman–Crippen MR) is 123 cm³/mol. The number of ketones is 1. The van der Waals surface area contributed by atoms with Gasteiger partial charge in [0.15, 0.2) is 0 Å². The van der Waals surface area contributed by atoms with Crippen LogP contribution in [0.1, 0.15) is 30.5 Å². The van der Waals surface area contributed by atoms with Crippen LogP contribution >= 0.6 is 11.6 Å². The molecule has 1 aliphatic rings. The molecule has 1 N–H and O–H groups in total. The Hall–Kier alpha value is -3.71. The molecule has 0 radical (unpaired) electrons. The molecule has 4 rings (SSSR count). The van der Waals surface area contributed by atoms with Crippen molar-refractivity contribution in [2.75, 3.05) is 11.5 Å². The highest BCUT2D eigenvalue weighted by molar-refractivity contribution is 6.51. The van der Waals surface area contributed by atoms with Crippen LogP contribution in [0, 0.1) is 5.82 Å². The molecule has 0 bridgehead atoms. The van der Waals surface area contributed by atoms with Gasteiger partial charge in [0.1, 0.15) is 17.3 Å². The molecule has 0 saturated carbocycles. The molecule has 1 aromatic heterocycles. The lowest BCUT2D eigenvalue weighted by molar-refractivity contribution is -0.132. The zero-order valence-electron chi connectivity index (χ0n) is 17.7. The van der Waals surface area contributed by atoms with Crippen molar-refractivity contribution in [3.05, 3.63) is 94.5 Å². The highest BCUT2D eigenvalue weighted by atomic mass is 35.5. The number of carbonyl (C=O) groups is 2. The van der Waals surface area contributed by atoms with E-state index < -0.39 is 23.5 Å². The van der Waals surface area contributed by atoms with Gasteiger partial charge < -0.3 is 9.84 Å². The highest BCUT2D eigenvalue weighted by Gasteiger charge is 2.47. The van der Waals surface area contributed by atoms with E-state index in [1.165, 1.54) is 29.4 Å². The van der Waals surface area contributed by atoms with Gasteiger partial charge in [-0.1, -0.05) is 30.7 Å². The second-order valence-electron chi connectivity index (χ2n) is 7.42. The predicted octanol–water partition coefficient (Wildman–Crippen LogP) is 5.29. The molecule has 1 aliphatic heterocycles. The molecule has 8 heteroatoms. The van der Waals surface area contributed by atoms with Gasteiger partial charge in [-0.25, -0.2) is 4.39 Å². The normalized spacial score (nSPS) is 17.4. The van der Waals surface area contributed by atoms with Gasteiger partial charge in [-0.3, -0.25) is 19.5 Å². The van der Waals surface area contributed by atoms with Gasteiger partial charge in [0.25, 0.3) is 11.7 Å². The summed E-state index contributed by atoms with van der Waals surface area (Å²) in [7, 11) is 0. The number of halogens is 2. The fraction of sp³-hybridized carbons (Fsp3) is 0.160. The van der Waals surface area contributed by atoms with Crippen LogP contribution in [0.25, 0.3) is 5.76 Å². The zero-order valence-corrected chi connectivity index (χ0v) is 18.4. The van der Waals surface area contributed by atoms with E-state index in [0.29, 0.717) is 23.5 Å². The van der Waals surface area contributed by atoms with E-state index >= 15 is 0 Å². The van der Waals surface area contributed by atoms with E-state index in [1.54, 1.807) is 36.4 Å². The first kappa shape index (κ1) is 22.5. The Labute approximate surface area is 194 Å². The molecule has 1 fully saturated rings. The molecule has 1 unspecified atom stereocenters. The van der Waals surface area contributed by atoms with Crippen molar-refractivity contribution >= 4 is 34.7 Å². The van der Waals surface area contributed by atoms with Crippen LogP contribution in [0.2, 0.25) is 5.02 Å². The molecule has 0 spiro atoms. The van der Waals surface area contributed by atoms with Crippen LogP contribution in [0.15, 0.2) is 72.6 Å². The average molecular weight is 467 g/mol. The van der Waals surface area contributed by atoms with E-state index in [9.17, 15) is 19.1 Å². The third kappa shape index (κ3) is 4.32. The van der Waals surface area contributed by atoms with Gasteiger partial charge in [-0.15, -0.1) is 0 Å². The summed E-state index contributed by atoms with van der Waals surface area (Å²) in [6.07, 6.45) is 3.85. The van der Waals surface area contributed by atoms with Crippen LogP contribution in [0.5, 0.6) is 5.75 Å². The number of anilines is 1. The number of hydrogen-bond acceptors (Lipinski definition) is 5. The monoisotopic (exact) mass is 466 g/mol. The molecule has 6 nitrogen and oxygen atoms in total. The topological polar surface area (TPSA) is 79.7 Å². The Morgan fingerprint density at radius 3 is 2.61 bits per heavy atom. The van der Waals surface area contributed by atoms with Crippen molar-refractivity contribution in [2.24, 2.45) is 0 Å². The number of Topliss-reactive ketones (excluding diaryl/α,β-unsaturated/α-hetero) is 1. The van der Waals surface area contributed by atoms with Crippen LogP contribution in [0.4, 0.5) is 10.1 Å². The first-order chi connectivity index (χ1) is 15.9. The fourth-order valence-electron chi connectivity index (χ4n) is 3.70. The lowest BCUT2D eigenvalue weighted by Crippen LogP contribution is -2.29. The Balaban J connectivity index is 1.88. The van der Waals surface area contributed by atoms with E-state index in [2.05, 4.69) is 4.98 Å². The van der Waals surface area contributed by atoms with Crippen molar-refractivity contribution in [3.63, 3.8) is 0 Å². The third-order valence-corrected chi connectivity index (χ3v) is 5.52. The Morgan fingerprint density at radius 2 is 1.91 bits per heavy atom. The van der Waals surface area contributed by atoms with E-state index in [-0.39, 0.29) is 22.0 Å². The molecule has 33 heavy (non-hydrogen) atoms. The number of nitrogens with zero attached hydrogens (tertiary/aromatic N) is 2. The minimum Gasteiger partial charge on any atom is -0.507 e. The molecule has 0 aliphatic carbocycles. The van der Waals surface area contributed by atoms with Gasteiger partial charge in [-0.05, 0) is 54.4 Å². The number of ether oxygens (including phenoxy) is 1. The van der Waals surface area contributed by atoms with Crippen LogP contribution in [0.3, 0.4) is 0 Å². The van der Waals surface area contributed by atoms with Crippen LogP contribution < -0.4 is 9.64 Å². The highest BCUT2D eigenvalue weighted by Crippen LogP contribution is 2.42. The summed E-state index contributed by atoms with van der Waals surface area (Å²) in [4.78, 5) is 31.4. The lowest BCUT2D eigenvalue weighted by atomic mass is 9.95. The second kappa shape index (κ2) is 9.42. The number of rotatable bonds is 6. The standard InChI is InChI=1S/C25H20ClFN2O4/c1-2-12-33-18-5-3-4-16(13-18)23(30)21-22(15-8-10-28-11-9-15)29(25(32)24(21)31)17-6-7-20(27)19(26)14-17/h3-11,13-14,22,30H,2,12H2,1H3/b23-21+. The van der Waals surface area contributed by atoms with Gasteiger partial charge >= 0.3 is 0 Å². The second-order valence-corrected chi connectivity index (χ2v) is 7.83. The Morgan fingerprint density at radius 1 is 1.15 bits per heavy atom. The maximum Gasteiger partial charge on any atom is 0.300 e. The molecule has 168 valence electrons. The number of aliphatic hydroxyl groups is 1. The summed E-state index contributed by atoms with van der Waals surface area (Å²) >= 11 is 5.94. The first-order valence-corrected chi connectivity index (χ1v) is 10.7. The van der Waals surface area contributed by atoms with E-state index in [1.807, 2.05) is 6.92 Å². The van der Waals surface area contributed by atoms with Crippen molar-refractivity contribution in [3.8, 4) is 5.75 Å². The fourth-order valence-corrected chi connectivity index (χ4v) is 3.88. The smallest absolute Gasteiger partial charge is 0.300 e. The average Bonchev–Trinajstić information content (AvgIpc) is 3.10. The Bertz CT molecular complexity index is 1250. The van der Waals surface area contributed by atoms with Crippen molar-refractivity contribution in [1.82, 2.24) is 4.98 Å². The van der Waals surface area contributed by atoms with Crippen molar-refractivity contribution in [1.29, 1.82) is 0 Å². The summed E-state index contributed by atoms with van der Waals surface area (Å²) in [5, 5.41) is 11.0. The largest absolute Gasteiger partial charge is 0.507 e. The number of benzene rings is 2. The number of aromatic nitrogens is 1. The molecule has 2 aromatic carbocycles. The number of aliphatic hydroxyl groups excluding tert-OH is 1. The maximum atomic E-state index is 13.8. The van der Waals surface area contributed by atoms with Gasteiger partial charge in [-0.2, -0.15) is 0 Å². The Kier molecular flexibility index (Phi) is 6.42. The first-order valence-electron chi connectivity index (χ1n) is 10.3. The molecule has 3 aromatic rings. The van der Waals surface area contributed by atoms with Gasteiger partial charge in [0, 0.05) is 23.6 Å². The SMILES string of the molecule is CCCOc1cccc(/C(O)=C2\C(=O)C(=O)N(c3ccc(F)c(Cl)c3)C2c2ccncc2)c1. The summed E-state index contributed by atoms with van der Waals surface area (Å²) in [6, 6.07) is 12.7. The summed E-state index contributed by atoms with van der Waals surface area (Å²) in [5.74, 6) is -2.19. The third-order valence-electron chi connectivity index (χ3n) is 5.23. The number of amides is 1.